The zero-order valence-corrected chi connectivity index (χ0v) is 7.45. The van der Waals surface area contributed by atoms with Gasteiger partial charge in [0.1, 0.15) is 6.23 Å². The third-order valence-electron chi connectivity index (χ3n) is 1.22. The molecule has 10 heavy (non-hydrogen) atoms. The summed E-state index contributed by atoms with van der Waals surface area (Å²) in [4.78, 5) is 0. The molecule has 0 bridgehead atoms. The quantitative estimate of drug-likeness (QED) is 0.474. The lowest BCUT2D eigenvalue weighted by Gasteiger charge is -2.06. The Labute approximate surface area is 73.8 Å². The molecule has 1 aromatic rings. The van der Waals surface area contributed by atoms with E-state index in [-0.39, 0.29) is 0 Å². The minimum atomic E-state index is -0.554. The molecule has 0 saturated carbocycles. The van der Waals surface area contributed by atoms with E-state index in [0.717, 1.165) is 5.56 Å². The summed E-state index contributed by atoms with van der Waals surface area (Å²) in [7, 11) is 0. The van der Waals surface area contributed by atoms with Crippen molar-refractivity contribution in [3.8, 4) is 0 Å². The van der Waals surface area contributed by atoms with Crippen LogP contribution in [0.3, 0.4) is 0 Å². The van der Waals surface area contributed by atoms with Gasteiger partial charge in [-0.15, -0.1) is 0 Å². The third kappa shape index (κ3) is 1.93. The zero-order chi connectivity index (χ0) is 7.40. The molecule has 0 aliphatic heterocycles. The molecule has 0 aliphatic carbocycles. The van der Waals surface area contributed by atoms with Gasteiger partial charge in [-0.3, -0.25) is 0 Å². The number of aliphatic hydroxyl groups is 1. The molecule has 0 aliphatic rings. The van der Waals surface area contributed by atoms with Gasteiger partial charge >= 0.3 is 0 Å². The van der Waals surface area contributed by atoms with Crippen LogP contribution in [0.4, 0.5) is 0 Å². The molecule has 0 amide bonds. The third-order valence-corrected chi connectivity index (χ3v) is 1.81. The van der Waals surface area contributed by atoms with Crippen molar-refractivity contribution in [2.75, 3.05) is 0 Å². The maximum Gasteiger partial charge on any atom is 0.139 e. The summed E-state index contributed by atoms with van der Waals surface area (Å²) in [5.41, 5.74) is 0.886. The fraction of sp³-hybridized carbons (Fsp3) is 0.143. The lowest BCUT2D eigenvalue weighted by atomic mass is 10.2. The van der Waals surface area contributed by atoms with E-state index >= 15 is 0 Å². The van der Waals surface area contributed by atoms with Gasteiger partial charge in [-0.25, -0.2) is 3.53 Å². The van der Waals surface area contributed by atoms with E-state index in [9.17, 15) is 5.11 Å². The van der Waals surface area contributed by atoms with Gasteiger partial charge < -0.3 is 5.11 Å². The van der Waals surface area contributed by atoms with Crippen LogP contribution in [0, 0.1) is 0 Å². The van der Waals surface area contributed by atoms with Gasteiger partial charge in [-0.1, -0.05) is 30.3 Å². The molecule has 0 aromatic heterocycles. The molecule has 1 aromatic carbocycles. The van der Waals surface area contributed by atoms with E-state index in [1.807, 2.05) is 53.2 Å². The lowest BCUT2D eigenvalue weighted by Crippen LogP contribution is -2.08. The summed E-state index contributed by atoms with van der Waals surface area (Å²) in [5, 5.41) is 9.21. The summed E-state index contributed by atoms with van der Waals surface area (Å²) in [6, 6.07) is 9.45. The molecule has 54 valence electrons. The predicted octanol–water partition coefficient (Wildman–Crippen LogP) is 1.62. The van der Waals surface area contributed by atoms with Gasteiger partial charge in [-0.2, -0.15) is 0 Å². The van der Waals surface area contributed by atoms with Crippen LogP contribution < -0.4 is 3.53 Å². The van der Waals surface area contributed by atoms with E-state index < -0.39 is 6.23 Å². The number of benzene rings is 1. The van der Waals surface area contributed by atoms with Crippen molar-refractivity contribution < 1.29 is 5.11 Å². The van der Waals surface area contributed by atoms with Crippen LogP contribution >= 0.6 is 22.9 Å². The average molecular weight is 249 g/mol. The summed E-state index contributed by atoms with van der Waals surface area (Å²) < 4.78 is 2.71. The largest absolute Gasteiger partial charge is 0.374 e. The van der Waals surface area contributed by atoms with Crippen LogP contribution in [-0.4, -0.2) is 5.11 Å². The highest BCUT2D eigenvalue weighted by Gasteiger charge is 2.00. The Morgan fingerprint density at radius 2 is 1.90 bits per heavy atom. The van der Waals surface area contributed by atoms with E-state index in [2.05, 4.69) is 3.53 Å². The molecule has 2 N–H and O–H groups in total. The molecule has 1 rings (SSSR count). The molecule has 0 spiro atoms. The molecule has 0 fully saturated rings. The SMILES string of the molecule is OC(NI)c1ccccc1. The molecule has 0 saturated heterocycles. The smallest absolute Gasteiger partial charge is 0.139 e. The second kappa shape index (κ2) is 3.90. The first-order chi connectivity index (χ1) is 4.84. The van der Waals surface area contributed by atoms with Crippen molar-refractivity contribution in [3.63, 3.8) is 0 Å². The van der Waals surface area contributed by atoms with E-state index in [1.165, 1.54) is 0 Å². The van der Waals surface area contributed by atoms with Gasteiger partial charge in [0.2, 0.25) is 0 Å². The van der Waals surface area contributed by atoms with Crippen LogP contribution in [0.1, 0.15) is 11.8 Å². The van der Waals surface area contributed by atoms with Gasteiger partial charge in [0.15, 0.2) is 0 Å². The van der Waals surface area contributed by atoms with E-state index in [0.29, 0.717) is 0 Å². The molecule has 0 radical (unpaired) electrons. The van der Waals surface area contributed by atoms with Crippen molar-refractivity contribution in [2.24, 2.45) is 0 Å². The van der Waals surface area contributed by atoms with Crippen molar-refractivity contribution in [3.05, 3.63) is 35.9 Å². The zero-order valence-electron chi connectivity index (χ0n) is 5.29. The first-order valence-electron chi connectivity index (χ1n) is 2.94. The number of rotatable bonds is 2. The molecule has 0 heterocycles. The fourth-order valence-electron chi connectivity index (χ4n) is 0.698. The molecular weight excluding hydrogens is 241 g/mol. The van der Waals surface area contributed by atoms with Crippen molar-refractivity contribution in [1.82, 2.24) is 3.53 Å². The summed E-state index contributed by atoms with van der Waals surface area (Å²) in [6.07, 6.45) is -0.554. The fourth-order valence-corrected chi connectivity index (χ4v) is 1.06. The number of hydrogen-bond donors (Lipinski definition) is 2. The summed E-state index contributed by atoms with van der Waals surface area (Å²) >= 11 is 1.92. The number of aliphatic hydroxyl groups excluding tert-OH is 1. The number of halogens is 1. The highest BCUT2D eigenvalue weighted by atomic mass is 127. The first-order valence-corrected chi connectivity index (χ1v) is 4.01. The Bertz CT molecular complexity index is 190. The lowest BCUT2D eigenvalue weighted by molar-refractivity contribution is 0.175. The highest BCUT2D eigenvalue weighted by molar-refractivity contribution is 14.1. The second-order valence-electron chi connectivity index (χ2n) is 1.92. The van der Waals surface area contributed by atoms with Gasteiger partial charge in [-0.05, 0) is 5.56 Å². The molecule has 2 nitrogen and oxygen atoms in total. The Balaban J connectivity index is 2.75. The number of nitrogens with one attached hydrogen (secondary N) is 1. The molecule has 1 atom stereocenters. The van der Waals surface area contributed by atoms with Crippen LogP contribution in [0.2, 0.25) is 0 Å². The Kier molecular flexibility index (Phi) is 3.11. The topological polar surface area (TPSA) is 32.3 Å². The van der Waals surface area contributed by atoms with Crippen LogP contribution in [0.15, 0.2) is 30.3 Å². The minimum Gasteiger partial charge on any atom is -0.374 e. The van der Waals surface area contributed by atoms with Crippen LogP contribution in [0.5, 0.6) is 0 Å². The highest BCUT2D eigenvalue weighted by Crippen LogP contribution is 2.08. The Morgan fingerprint density at radius 1 is 1.30 bits per heavy atom. The Hall–Kier alpha value is -0.130. The molecular formula is C7H8INO. The molecule has 3 heteroatoms. The van der Waals surface area contributed by atoms with Crippen LogP contribution in [0.25, 0.3) is 0 Å². The average Bonchev–Trinajstić information content (AvgIpc) is 2.05. The van der Waals surface area contributed by atoms with Gasteiger partial charge in [0.25, 0.3) is 0 Å². The molecule has 1 unspecified atom stereocenters. The maximum absolute atomic E-state index is 9.21. The van der Waals surface area contributed by atoms with Crippen LogP contribution in [-0.2, 0) is 0 Å². The maximum atomic E-state index is 9.21. The summed E-state index contributed by atoms with van der Waals surface area (Å²) in [5.74, 6) is 0. The second-order valence-corrected chi connectivity index (χ2v) is 2.55. The predicted molar refractivity (Wildman–Crippen MR) is 48.6 cm³/mol. The van der Waals surface area contributed by atoms with E-state index in [1.54, 1.807) is 0 Å². The minimum absolute atomic E-state index is 0.554. The first kappa shape index (κ1) is 7.97. The van der Waals surface area contributed by atoms with Crippen molar-refractivity contribution >= 4 is 22.9 Å². The number of hydrogen-bond acceptors (Lipinski definition) is 2. The standard InChI is InChI=1S/C7H8INO/c8-9-7(10)6-4-2-1-3-5-6/h1-5,7,9-10H. The van der Waals surface area contributed by atoms with Crippen molar-refractivity contribution in [1.29, 1.82) is 0 Å². The van der Waals surface area contributed by atoms with E-state index in [4.69, 9.17) is 0 Å². The Morgan fingerprint density at radius 3 is 2.40 bits per heavy atom. The van der Waals surface area contributed by atoms with Gasteiger partial charge in [0, 0.05) is 22.9 Å². The summed E-state index contributed by atoms with van der Waals surface area (Å²) in [6.45, 7) is 0. The van der Waals surface area contributed by atoms with Crippen molar-refractivity contribution in [2.45, 2.75) is 6.23 Å². The normalized spacial score (nSPS) is 13.0. The monoisotopic (exact) mass is 249 g/mol. The van der Waals surface area contributed by atoms with Gasteiger partial charge in [0.05, 0.1) is 0 Å².